The van der Waals surface area contributed by atoms with Crippen LogP contribution in [-0.2, 0) is 6.42 Å². The summed E-state index contributed by atoms with van der Waals surface area (Å²) in [5.74, 6) is -0.371. The normalized spacial score (nSPS) is 17.2. The fourth-order valence-electron chi connectivity index (χ4n) is 2.93. The molecule has 0 saturated heterocycles. The Bertz CT molecular complexity index is 639. The fraction of sp³-hybridized carbons (Fsp3) is 0.294. The van der Waals surface area contributed by atoms with Gasteiger partial charge in [0.1, 0.15) is 5.82 Å². The van der Waals surface area contributed by atoms with E-state index in [2.05, 4.69) is 30.4 Å². The van der Waals surface area contributed by atoms with Gasteiger partial charge in [0.15, 0.2) is 0 Å². The summed E-state index contributed by atoms with van der Waals surface area (Å²) in [6.45, 7) is 3.12. The van der Waals surface area contributed by atoms with Crippen molar-refractivity contribution in [1.82, 2.24) is 5.32 Å². The number of fused-ring (bicyclic) bond motifs is 1. The molecule has 0 aromatic heterocycles. The van der Waals surface area contributed by atoms with Crippen LogP contribution < -0.4 is 5.32 Å². The van der Waals surface area contributed by atoms with E-state index in [1.54, 1.807) is 12.1 Å². The number of benzene rings is 2. The summed E-state index contributed by atoms with van der Waals surface area (Å²) >= 11 is 5.86. The van der Waals surface area contributed by atoms with Crippen LogP contribution in [0, 0.1) is 5.82 Å². The summed E-state index contributed by atoms with van der Waals surface area (Å²) in [6, 6.07) is 11.8. The van der Waals surface area contributed by atoms with Crippen molar-refractivity contribution in [2.45, 2.75) is 25.8 Å². The van der Waals surface area contributed by atoms with Gasteiger partial charge in [-0.2, -0.15) is 0 Å². The highest BCUT2D eigenvalue weighted by molar-refractivity contribution is 6.31. The molecule has 0 saturated carbocycles. The minimum absolute atomic E-state index is 0.175. The minimum Gasteiger partial charge on any atom is -0.310 e. The highest BCUT2D eigenvalue weighted by Crippen LogP contribution is 2.34. The van der Waals surface area contributed by atoms with Crippen molar-refractivity contribution < 1.29 is 4.39 Å². The maximum atomic E-state index is 13.2. The monoisotopic (exact) mass is 289 g/mol. The van der Waals surface area contributed by atoms with Crippen molar-refractivity contribution >= 4 is 11.6 Å². The Kier molecular flexibility index (Phi) is 3.77. The summed E-state index contributed by atoms with van der Waals surface area (Å²) in [4.78, 5) is 0. The quantitative estimate of drug-likeness (QED) is 0.860. The van der Waals surface area contributed by atoms with Crippen LogP contribution >= 0.6 is 11.6 Å². The molecule has 0 spiro atoms. The van der Waals surface area contributed by atoms with Crippen LogP contribution in [-0.4, -0.2) is 6.54 Å². The van der Waals surface area contributed by atoms with E-state index >= 15 is 0 Å². The molecule has 104 valence electrons. The van der Waals surface area contributed by atoms with Gasteiger partial charge in [-0.1, -0.05) is 42.8 Å². The molecule has 20 heavy (non-hydrogen) atoms. The smallest absolute Gasteiger partial charge is 0.141 e. The lowest BCUT2D eigenvalue weighted by molar-refractivity contribution is 0.549. The maximum absolute atomic E-state index is 13.2. The second-order valence-corrected chi connectivity index (χ2v) is 5.60. The Morgan fingerprint density at radius 3 is 2.70 bits per heavy atom. The Morgan fingerprint density at radius 2 is 1.95 bits per heavy atom. The van der Waals surface area contributed by atoms with Crippen LogP contribution in [0.15, 0.2) is 36.4 Å². The highest BCUT2D eigenvalue weighted by atomic mass is 35.5. The number of rotatable bonds is 3. The molecule has 1 N–H and O–H groups in total. The molecule has 0 aliphatic heterocycles. The van der Waals surface area contributed by atoms with Crippen molar-refractivity contribution in [3.05, 3.63) is 58.4 Å². The number of halogens is 2. The first-order chi connectivity index (χ1) is 9.69. The molecule has 0 radical (unpaired) electrons. The second-order valence-electron chi connectivity index (χ2n) is 5.19. The molecule has 2 aromatic rings. The summed E-state index contributed by atoms with van der Waals surface area (Å²) in [5.41, 5.74) is 4.84. The van der Waals surface area contributed by atoms with Gasteiger partial charge >= 0.3 is 0 Å². The first-order valence-electron chi connectivity index (χ1n) is 7.00. The SMILES string of the molecule is CCNC1CCc2cc(-c3ccc(F)c(Cl)c3)ccc21. The van der Waals surface area contributed by atoms with Gasteiger partial charge in [0.25, 0.3) is 0 Å². The van der Waals surface area contributed by atoms with Crippen molar-refractivity contribution in [2.75, 3.05) is 6.54 Å². The van der Waals surface area contributed by atoms with E-state index in [0.717, 1.165) is 30.5 Å². The number of hydrogen-bond acceptors (Lipinski definition) is 1. The molecule has 0 heterocycles. The van der Waals surface area contributed by atoms with E-state index in [0.29, 0.717) is 6.04 Å². The van der Waals surface area contributed by atoms with Gasteiger partial charge in [-0.25, -0.2) is 4.39 Å². The highest BCUT2D eigenvalue weighted by Gasteiger charge is 2.21. The van der Waals surface area contributed by atoms with E-state index in [-0.39, 0.29) is 10.8 Å². The first-order valence-corrected chi connectivity index (χ1v) is 7.38. The standard InChI is InChI=1S/C17H17ClFN/c1-2-20-17-8-5-13-9-11(3-6-14(13)17)12-4-7-16(19)15(18)10-12/h3-4,6-7,9-10,17,20H,2,5,8H2,1H3. The molecule has 1 aliphatic carbocycles. The third-order valence-corrected chi connectivity index (χ3v) is 4.21. The molecule has 0 bridgehead atoms. The maximum Gasteiger partial charge on any atom is 0.141 e. The fourth-order valence-corrected chi connectivity index (χ4v) is 3.11. The van der Waals surface area contributed by atoms with Crippen LogP contribution in [0.1, 0.15) is 30.5 Å². The molecule has 1 nitrogen and oxygen atoms in total. The zero-order valence-electron chi connectivity index (χ0n) is 11.4. The van der Waals surface area contributed by atoms with E-state index in [1.165, 1.54) is 17.2 Å². The van der Waals surface area contributed by atoms with Crippen LogP contribution in [0.3, 0.4) is 0 Å². The molecule has 3 heteroatoms. The third-order valence-electron chi connectivity index (χ3n) is 3.92. The van der Waals surface area contributed by atoms with Gasteiger partial charge in [0.05, 0.1) is 5.02 Å². The van der Waals surface area contributed by atoms with Gasteiger partial charge in [-0.05, 0) is 53.8 Å². The van der Waals surface area contributed by atoms with Gasteiger partial charge in [0, 0.05) is 6.04 Å². The Hall–Kier alpha value is -1.38. The predicted octanol–water partition coefficient (Wildman–Crippen LogP) is 4.74. The van der Waals surface area contributed by atoms with Crippen molar-refractivity contribution in [2.24, 2.45) is 0 Å². The summed E-state index contributed by atoms with van der Waals surface area (Å²) in [5, 5.41) is 3.68. The van der Waals surface area contributed by atoms with Crippen molar-refractivity contribution in [3.63, 3.8) is 0 Å². The number of nitrogens with one attached hydrogen (secondary N) is 1. The molecule has 3 rings (SSSR count). The Balaban J connectivity index is 1.95. The third kappa shape index (κ3) is 2.46. The average molecular weight is 290 g/mol. The topological polar surface area (TPSA) is 12.0 Å². The lowest BCUT2D eigenvalue weighted by atomic mass is 9.99. The minimum atomic E-state index is -0.371. The van der Waals surface area contributed by atoms with Crippen LogP contribution in [0.4, 0.5) is 4.39 Å². The van der Waals surface area contributed by atoms with E-state index in [1.807, 2.05) is 0 Å². The molecule has 0 fully saturated rings. The zero-order chi connectivity index (χ0) is 14.1. The Labute approximate surface area is 123 Å². The molecule has 1 aliphatic rings. The Morgan fingerprint density at radius 1 is 1.20 bits per heavy atom. The largest absolute Gasteiger partial charge is 0.310 e. The predicted molar refractivity (Wildman–Crippen MR) is 81.6 cm³/mol. The van der Waals surface area contributed by atoms with E-state index in [4.69, 9.17) is 11.6 Å². The molecular formula is C17H17ClFN. The molecular weight excluding hydrogens is 273 g/mol. The van der Waals surface area contributed by atoms with Crippen molar-refractivity contribution in [3.8, 4) is 11.1 Å². The first kappa shape index (κ1) is 13.6. The number of aryl methyl sites for hydroxylation is 1. The second kappa shape index (κ2) is 5.55. The van der Waals surface area contributed by atoms with Crippen LogP contribution in [0.25, 0.3) is 11.1 Å². The molecule has 2 aromatic carbocycles. The van der Waals surface area contributed by atoms with Gasteiger partial charge in [0.2, 0.25) is 0 Å². The lowest BCUT2D eigenvalue weighted by Crippen LogP contribution is -2.18. The van der Waals surface area contributed by atoms with Crippen LogP contribution in [0.5, 0.6) is 0 Å². The molecule has 0 amide bonds. The average Bonchev–Trinajstić information content (AvgIpc) is 2.85. The summed E-state index contributed by atoms with van der Waals surface area (Å²) < 4.78 is 13.2. The molecule has 1 unspecified atom stereocenters. The van der Waals surface area contributed by atoms with E-state index in [9.17, 15) is 4.39 Å². The zero-order valence-corrected chi connectivity index (χ0v) is 12.2. The van der Waals surface area contributed by atoms with Crippen LogP contribution in [0.2, 0.25) is 5.02 Å². The summed E-state index contributed by atoms with van der Waals surface area (Å²) in [6.07, 6.45) is 2.24. The van der Waals surface area contributed by atoms with Gasteiger partial charge in [-0.15, -0.1) is 0 Å². The van der Waals surface area contributed by atoms with Crippen molar-refractivity contribution in [1.29, 1.82) is 0 Å². The van der Waals surface area contributed by atoms with Gasteiger partial charge < -0.3 is 5.32 Å². The lowest BCUT2D eigenvalue weighted by Gasteiger charge is -2.13. The van der Waals surface area contributed by atoms with Gasteiger partial charge in [-0.3, -0.25) is 0 Å². The summed E-state index contributed by atoms with van der Waals surface area (Å²) in [7, 11) is 0. The number of hydrogen-bond donors (Lipinski definition) is 1. The molecule has 1 atom stereocenters. The van der Waals surface area contributed by atoms with E-state index < -0.39 is 0 Å².